The summed E-state index contributed by atoms with van der Waals surface area (Å²) in [7, 11) is 1.69. The molecule has 2 N–H and O–H groups in total. The highest BCUT2D eigenvalue weighted by Gasteiger charge is 2.00. The lowest BCUT2D eigenvalue weighted by atomic mass is 10.2. The maximum absolute atomic E-state index is 5.74. The molecule has 3 nitrogen and oxygen atoms in total. The van der Waals surface area contributed by atoms with E-state index in [4.69, 9.17) is 15.2 Å². The van der Waals surface area contributed by atoms with Crippen LogP contribution >= 0.6 is 0 Å². The van der Waals surface area contributed by atoms with E-state index in [-0.39, 0.29) is 6.04 Å². The number of methoxy groups -OCH3 is 1. The summed E-state index contributed by atoms with van der Waals surface area (Å²) >= 11 is 0. The van der Waals surface area contributed by atoms with Crippen molar-refractivity contribution in [1.82, 2.24) is 0 Å². The van der Waals surface area contributed by atoms with E-state index in [0.29, 0.717) is 0 Å². The normalized spacial score (nSPS) is 13.4. The summed E-state index contributed by atoms with van der Waals surface area (Å²) in [6.45, 7) is 4.27. The van der Waals surface area contributed by atoms with E-state index in [1.165, 1.54) is 0 Å². The average molecular weight is 161 g/mol. The minimum atomic E-state index is 0.224. The van der Waals surface area contributed by atoms with Crippen LogP contribution in [0.25, 0.3) is 0 Å². The van der Waals surface area contributed by atoms with Crippen LogP contribution in [0.5, 0.6) is 0 Å². The Hall–Kier alpha value is -0.120. The van der Waals surface area contributed by atoms with Gasteiger partial charge >= 0.3 is 0 Å². The van der Waals surface area contributed by atoms with Gasteiger partial charge in [0.25, 0.3) is 0 Å². The standard InChI is InChI=1S/C8H19NO2/c1-3-11-7-5-8(9)4-6-10-2/h8H,3-7,9H2,1-2H3. The zero-order valence-electron chi connectivity index (χ0n) is 7.51. The van der Waals surface area contributed by atoms with Crippen LogP contribution in [0.15, 0.2) is 0 Å². The third kappa shape index (κ3) is 7.78. The highest BCUT2D eigenvalue weighted by Crippen LogP contribution is 1.94. The van der Waals surface area contributed by atoms with Crippen LogP contribution < -0.4 is 5.73 Å². The van der Waals surface area contributed by atoms with Crippen molar-refractivity contribution in [2.24, 2.45) is 5.73 Å². The Morgan fingerprint density at radius 2 is 1.91 bits per heavy atom. The topological polar surface area (TPSA) is 44.5 Å². The molecular weight excluding hydrogens is 142 g/mol. The molecule has 0 saturated heterocycles. The Kier molecular flexibility index (Phi) is 7.89. The maximum atomic E-state index is 5.74. The number of hydrogen-bond donors (Lipinski definition) is 1. The van der Waals surface area contributed by atoms with Gasteiger partial charge in [-0.05, 0) is 19.8 Å². The molecular formula is C8H19NO2. The van der Waals surface area contributed by atoms with Gasteiger partial charge in [0, 0.05) is 33.0 Å². The lowest BCUT2D eigenvalue weighted by molar-refractivity contribution is 0.132. The van der Waals surface area contributed by atoms with Crippen molar-refractivity contribution < 1.29 is 9.47 Å². The van der Waals surface area contributed by atoms with E-state index in [1.54, 1.807) is 7.11 Å². The first kappa shape index (κ1) is 10.9. The van der Waals surface area contributed by atoms with Gasteiger partial charge in [-0.2, -0.15) is 0 Å². The smallest absolute Gasteiger partial charge is 0.0480 e. The number of nitrogens with two attached hydrogens (primary N) is 1. The molecule has 1 atom stereocenters. The van der Waals surface area contributed by atoms with Crippen LogP contribution in [0.3, 0.4) is 0 Å². The van der Waals surface area contributed by atoms with Gasteiger partial charge in [0.2, 0.25) is 0 Å². The fourth-order valence-corrected chi connectivity index (χ4v) is 0.793. The summed E-state index contributed by atoms with van der Waals surface area (Å²) in [4.78, 5) is 0. The molecule has 0 aliphatic heterocycles. The van der Waals surface area contributed by atoms with Crippen LogP contribution in [-0.2, 0) is 9.47 Å². The van der Waals surface area contributed by atoms with E-state index in [9.17, 15) is 0 Å². The quantitative estimate of drug-likeness (QED) is 0.561. The zero-order chi connectivity index (χ0) is 8.53. The summed E-state index contributed by atoms with van der Waals surface area (Å²) in [6, 6.07) is 0.224. The van der Waals surface area contributed by atoms with Gasteiger partial charge < -0.3 is 15.2 Å². The Morgan fingerprint density at radius 3 is 2.45 bits per heavy atom. The highest BCUT2D eigenvalue weighted by molar-refractivity contribution is 4.59. The molecule has 0 aromatic heterocycles. The molecule has 0 heterocycles. The molecule has 11 heavy (non-hydrogen) atoms. The predicted octanol–water partition coefficient (Wildman–Crippen LogP) is 0.777. The van der Waals surface area contributed by atoms with Gasteiger partial charge in [-0.3, -0.25) is 0 Å². The molecule has 0 aromatic carbocycles. The first-order valence-electron chi connectivity index (χ1n) is 4.13. The number of ether oxygens (including phenoxy) is 2. The predicted molar refractivity (Wildman–Crippen MR) is 45.6 cm³/mol. The average Bonchev–Trinajstić information content (AvgIpc) is 2.01. The molecule has 0 fully saturated rings. The summed E-state index contributed by atoms with van der Waals surface area (Å²) in [6.07, 6.45) is 1.85. The molecule has 68 valence electrons. The Balaban J connectivity index is 3.02. The van der Waals surface area contributed by atoms with Crippen LogP contribution in [0, 0.1) is 0 Å². The summed E-state index contributed by atoms with van der Waals surface area (Å²) in [5.74, 6) is 0. The minimum Gasteiger partial charge on any atom is -0.385 e. The molecule has 0 radical (unpaired) electrons. The van der Waals surface area contributed by atoms with Gasteiger partial charge in [-0.25, -0.2) is 0 Å². The van der Waals surface area contributed by atoms with Crippen molar-refractivity contribution in [3.05, 3.63) is 0 Å². The zero-order valence-corrected chi connectivity index (χ0v) is 7.51. The Bertz CT molecular complexity index is 78.5. The van der Waals surface area contributed by atoms with Gasteiger partial charge in [-0.1, -0.05) is 0 Å². The largest absolute Gasteiger partial charge is 0.385 e. The molecule has 0 saturated carbocycles. The first-order chi connectivity index (χ1) is 5.31. The van der Waals surface area contributed by atoms with E-state index in [0.717, 1.165) is 32.7 Å². The fraction of sp³-hybridized carbons (Fsp3) is 1.00. The fourth-order valence-electron chi connectivity index (χ4n) is 0.793. The van der Waals surface area contributed by atoms with Gasteiger partial charge in [0.05, 0.1) is 0 Å². The highest BCUT2D eigenvalue weighted by atomic mass is 16.5. The molecule has 0 rings (SSSR count). The van der Waals surface area contributed by atoms with Crippen molar-refractivity contribution in [2.75, 3.05) is 26.9 Å². The van der Waals surface area contributed by atoms with E-state index in [2.05, 4.69) is 0 Å². The lowest BCUT2D eigenvalue weighted by Crippen LogP contribution is -2.23. The van der Waals surface area contributed by atoms with Gasteiger partial charge in [0.1, 0.15) is 0 Å². The van der Waals surface area contributed by atoms with Gasteiger partial charge in [0.15, 0.2) is 0 Å². The third-order valence-electron chi connectivity index (χ3n) is 1.53. The van der Waals surface area contributed by atoms with Crippen molar-refractivity contribution in [1.29, 1.82) is 0 Å². The van der Waals surface area contributed by atoms with Crippen molar-refractivity contribution in [2.45, 2.75) is 25.8 Å². The number of rotatable bonds is 7. The maximum Gasteiger partial charge on any atom is 0.0480 e. The molecule has 1 unspecified atom stereocenters. The van der Waals surface area contributed by atoms with Crippen LogP contribution in [-0.4, -0.2) is 33.0 Å². The summed E-state index contributed by atoms with van der Waals surface area (Å²) < 4.78 is 10.1. The molecule has 0 spiro atoms. The van der Waals surface area contributed by atoms with E-state index in [1.807, 2.05) is 6.92 Å². The van der Waals surface area contributed by atoms with E-state index >= 15 is 0 Å². The lowest BCUT2D eigenvalue weighted by Gasteiger charge is -2.09. The van der Waals surface area contributed by atoms with Crippen LogP contribution in [0.4, 0.5) is 0 Å². The van der Waals surface area contributed by atoms with Crippen LogP contribution in [0.2, 0.25) is 0 Å². The molecule has 0 bridgehead atoms. The van der Waals surface area contributed by atoms with Crippen molar-refractivity contribution in [3.8, 4) is 0 Å². The van der Waals surface area contributed by atoms with Crippen molar-refractivity contribution >= 4 is 0 Å². The molecule has 0 amide bonds. The monoisotopic (exact) mass is 161 g/mol. The Labute approximate surface area is 68.9 Å². The van der Waals surface area contributed by atoms with Gasteiger partial charge in [-0.15, -0.1) is 0 Å². The second kappa shape index (κ2) is 7.98. The third-order valence-corrected chi connectivity index (χ3v) is 1.53. The molecule has 3 heteroatoms. The molecule has 0 aromatic rings. The minimum absolute atomic E-state index is 0.224. The SMILES string of the molecule is CCOCCC(N)CCOC. The Morgan fingerprint density at radius 1 is 1.27 bits per heavy atom. The first-order valence-corrected chi connectivity index (χ1v) is 4.13. The van der Waals surface area contributed by atoms with Crippen molar-refractivity contribution in [3.63, 3.8) is 0 Å². The van der Waals surface area contributed by atoms with Crippen LogP contribution in [0.1, 0.15) is 19.8 Å². The second-order valence-corrected chi connectivity index (χ2v) is 2.53. The summed E-state index contributed by atoms with van der Waals surface area (Å²) in [5, 5.41) is 0. The van der Waals surface area contributed by atoms with E-state index < -0.39 is 0 Å². The second-order valence-electron chi connectivity index (χ2n) is 2.53. The molecule has 0 aliphatic rings. The summed E-state index contributed by atoms with van der Waals surface area (Å²) in [5.41, 5.74) is 5.74. The molecule has 0 aliphatic carbocycles. The number of hydrogen-bond acceptors (Lipinski definition) is 3.